The van der Waals surface area contributed by atoms with Gasteiger partial charge in [0.2, 0.25) is 0 Å². The van der Waals surface area contributed by atoms with Gasteiger partial charge in [-0.25, -0.2) is 0 Å². The highest BCUT2D eigenvalue weighted by atomic mass is 35.5. The number of rotatable bonds is 4. The highest BCUT2D eigenvalue weighted by Gasteiger charge is 2.09. The smallest absolute Gasteiger partial charge is 0.104 e. The first-order valence-electron chi connectivity index (χ1n) is 5.46. The van der Waals surface area contributed by atoms with E-state index in [2.05, 4.69) is 29.1 Å². The second-order valence-electron chi connectivity index (χ2n) is 3.98. The van der Waals surface area contributed by atoms with Crippen molar-refractivity contribution < 1.29 is 0 Å². The summed E-state index contributed by atoms with van der Waals surface area (Å²) in [6, 6.07) is 7.87. The largest absolute Gasteiger partial charge is 0.389 e. The van der Waals surface area contributed by atoms with Gasteiger partial charge in [-0.05, 0) is 47.5 Å². The molecule has 0 radical (unpaired) electrons. The van der Waals surface area contributed by atoms with E-state index in [1.807, 2.05) is 12.1 Å². The minimum atomic E-state index is 0.212. The van der Waals surface area contributed by atoms with Crippen molar-refractivity contribution in [2.45, 2.75) is 13.0 Å². The molecule has 2 aromatic rings. The van der Waals surface area contributed by atoms with Gasteiger partial charge in [0.1, 0.15) is 4.99 Å². The number of thiophene rings is 1. The third kappa shape index (κ3) is 3.02. The molecular weight excluding hydrogens is 284 g/mol. The summed E-state index contributed by atoms with van der Waals surface area (Å²) in [6.07, 6.45) is 0. The van der Waals surface area contributed by atoms with E-state index < -0.39 is 0 Å². The number of benzene rings is 1. The highest BCUT2D eigenvalue weighted by Crippen LogP contribution is 2.27. The third-order valence-corrected chi connectivity index (χ3v) is 3.92. The first kappa shape index (κ1) is 13.3. The fourth-order valence-electron chi connectivity index (χ4n) is 1.62. The zero-order valence-corrected chi connectivity index (χ0v) is 12.2. The molecule has 18 heavy (non-hydrogen) atoms. The molecule has 5 heteroatoms. The summed E-state index contributed by atoms with van der Waals surface area (Å²) in [6.45, 7) is 2.10. The molecule has 3 N–H and O–H groups in total. The van der Waals surface area contributed by atoms with Gasteiger partial charge in [-0.1, -0.05) is 23.8 Å². The maximum absolute atomic E-state index is 6.20. The number of nitrogens with two attached hydrogens (primary N) is 1. The van der Waals surface area contributed by atoms with Crippen LogP contribution in [0.5, 0.6) is 0 Å². The molecule has 0 amide bonds. The Kier molecular flexibility index (Phi) is 4.22. The number of thiocarbonyl (C=S) groups is 1. The van der Waals surface area contributed by atoms with Crippen LogP contribution in [0, 0.1) is 0 Å². The molecule has 1 unspecified atom stereocenters. The van der Waals surface area contributed by atoms with Crippen molar-refractivity contribution in [3.05, 3.63) is 51.2 Å². The van der Waals surface area contributed by atoms with E-state index in [4.69, 9.17) is 29.6 Å². The monoisotopic (exact) mass is 296 g/mol. The van der Waals surface area contributed by atoms with Crippen molar-refractivity contribution in [2.24, 2.45) is 5.73 Å². The Hall–Kier alpha value is -1.10. The van der Waals surface area contributed by atoms with Gasteiger partial charge < -0.3 is 11.1 Å². The molecule has 0 saturated heterocycles. The molecule has 1 aromatic heterocycles. The predicted molar refractivity (Wildman–Crippen MR) is 83.7 cm³/mol. The van der Waals surface area contributed by atoms with Gasteiger partial charge in [0.05, 0.1) is 10.7 Å². The van der Waals surface area contributed by atoms with Crippen LogP contribution in [-0.4, -0.2) is 4.99 Å². The quantitative estimate of drug-likeness (QED) is 0.830. The number of halogens is 1. The zero-order chi connectivity index (χ0) is 13.1. The molecule has 0 bridgehead atoms. The van der Waals surface area contributed by atoms with Crippen LogP contribution in [0.3, 0.4) is 0 Å². The summed E-state index contributed by atoms with van der Waals surface area (Å²) < 4.78 is 0. The molecule has 0 aliphatic rings. The maximum Gasteiger partial charge on any atom is 0.104 e. The summed E-state index contributed by atoms with van der Waals surface area (Å²) in [4.78, 5) is 0.356. The Morgan fingerprint density at radius 3 is 2.78 bits per heavy atom. The van der Waals surface area contributed by atoms with Crippen LogP contribution in [0.1, 0.15) is 24.1 Å². The van der Waals surface area contributed by atoms with E-state index >= 15 is 0 Å². The van der Waals surface area contributed by atoms with E-state index in [0.717, 1.165) is 11.3 Å². The summed E-state index contributed by atoms with van der Waals surface area (Å²) in [5.41, 5.74) is 8.48. The molecule has 0 spiro atoms. The first-order valence-corrected chi connectivity index (χ1v) is 7.19. The Balaban J connectivity index is 2.17. The molecule has 1 heterocycles. The molecule has 1 aromatic carbocycles. The Bertz CT molecular complexity index is 552. The van der Waals surface area contributed by atoms with Gasteiger partial charge in [-0.15, -0.1) is 0 Å². The van der Waals surface area contributed by atoms with Crippen molar-refractivity contribution in [1.82, 2.24) is 0 Å². The number of hydrogen-bond donors (Lipinski definition) is 2. The van der Waals surface area contributed by atoms with Crippen molar-refractivity contribution >= 4 is 45.8 Å². The second kappa shape index (κ2) is 5.69. The fourth-order valence-corrected chi connectivity index (χ4v) is 2.74. The van der Waals surface area contributed by atoms with Crippen LogP contribution < -0.4 is 11.1 Å². The molecule has 0 fully saturated rings. The van der Waals surface area contributed by atoms with Crippen molar-refractivity contribution in [3.63, 3.8) is 0 Å². The second-order valence-corrected chi connectivity index (χ2v) is 5.61. The Morgan fingerprint density at radius 2 is 2.22 bits per heavy atom. The van der Waals surface area contributed by atoms with Crippen LogP contribution in [0.15, 0.2) is 35.0 Å². The van der Waals surface area contributed by atoms with Gasteiger partial charge in [-0.2, -0.15) is 11.3 Å². The third-order valence-electron chi connectivity index (χ3n) is 2.67. The summed E-state index contributed by atoms with van der Waals surface area (Å²) in [5, 5.41) is 8.18. The minimum Gasteiger partial charge on any atom is -0.389 e. The van der Waals surface area contributed by atoms with E-state index in [1.165, 1.54) is 5.56 Å². The molecule has 0 aliphatic heterocycles. The van der Waals surface area contributed by atoms with Crippen LogP contribution in [0.4, 0.5) is 5.69 Å². The molecule has 2 rings (SSSR count). The minimum absolute atomic E-state index is 0.212. The van der Waals surface area contributed by atoms with Crippen LogP contribution in [-0.2, 0) is 0 Å². The highest BCUT2D eigenvalue weighted by molar-refractivity contribution is 7.80. The molecule has 0 aliphatic carbocycles. The van der Waals surface area contributed by atoms with E-state index in [0.29, 0.717) is 10.0 Å². The normalized spacial score (nSPS) is 12.1. The molecule has 94 valence electrons. The molecule has 1 atom stereocenters. The number of hydrogen-bond acceptors (Lipinski definition) is 3. The first-order chi connectivity index (χ1) is 8.58. The molecule has 0 saturated carbocycles. The topological polar surface area (TPSA) is 38.0 Å². The van der Waals surface area contributed by atoms with Gasteiger partial charge in [-0.3, -0.25) is 0 Å². The Labute approximate surface area is 121 Å². The van der Waals surface area contributed by atoms with Gasteiger partial charge in [0.25, 0.3) is 0 Å². The lowest BCUT2D eigenvalue weighted by Crippen LogP contribution is -2.10. The zero-order valence-electron chi connectivity index (χ0n) is 9.81. The van der Waals surface area contributed by atoms with Crippen molar-refractivity contribution in [2.75, 3.05) is 5.32 Å². The van der Waals surface area contributed by atoms with E-state index in [-0.39, 0.29) is 6.04 Å². The standard InChI is InChI=1S/C13H13ClN2S2/c1-8(10-4-5-18-7-10)16-12-3-2-9(13(15)17)6-11(12)14/h2-8,16H,1H3,(H2,15,17). The fraction of sp³-hybridized carbons (Fsp3) is 0.154. The lowest BCUT2D eigenvalue weighted by atomic mass is 10.1. The van der Waals surface area contributed by atoms with Crippen molar-refractivity contribution in [3.8, 4) is 0 Å². The van der Waals surface area contributed by atoms with Crippen LogP contribution in [0.2, 0.25) is 5.02 Å². The molecular formula is C13H13ClN2S2. The van der Waals surface area contributed by atoms with E-state index in [1.54, 1.807) is 17.4 Å². The predicted octanol–water partition coefficient (Wildman–Crippen LogP) is 4.21. The van der Waals surface area contributed by atoms with E-state index in [9.17, 15) is 0 Å². The van der Waals surface area contributed by atoms with Gasteiger partial charge in [0, 0.05) is 11.6 Å². The lowest BCUT2D eigenvalue weighted by Gasteiger charge is -2.15. The van der Waals surface area contributed by atoms with Gasteiger partial charge in [0.15, 0.2) is 0 Å². The number of anilines is 1. The SMILES string of the molecule is CC(Nc1ccc(C(N)=S)cc1Cl)c1ccsc1. The van der Waals surface area contributed by atoms with Crippen molar-refractivity contribution in [1.29, 1.82) is 0 Å². The molecule has 2 nitrogen and oxygen atoms in total. The average Bonchev–Trinajstić information content (AvgIpc) is 2.85. The van der Waals surface area contributed by atoms with Crippen LogP contribution >= 0.6 is 35.2 Å². The lowest BCUT2D eigenvalue weighted by molar-refractivity contribution is 0.891. The summed E-state index contributed by atoms with van der Waals surface area (Å²) in [5.74, 6) is 0. The van der Waals surface area contributed by atoms with Gasteiger partial charge >= 0.3 is 0 Å². The van der Waals surface area contributed by atoms with Crippen LogP contribution in [0.25, 0.3) is 0 Å². The maximum atomic E-state index is 6.20. The number of nitrogens with one attached hydrogen (secondary N) is 1. The Morgan fingerprint density at radius 1 is 1.44 bits per heavy atom. The average molecular weight is 297 g/mol. The summed E-state index contributed by atoms with van der Waals surface area (Å²) in [7, 11) is 0. The summed E-state index contributed by atoms with van der Waals surface area (Å²) >= 11 is 12.8.